The van der Waals surface area contributed by atoms with Gasteiger partial charge in [0, 0.05) is 30.5 Å². The molecule has 0 aliphatic carbocycles. The Morgan fingerprint density at radius 3 is 2.60 bits per heavy atom. The lowest BCUT2D eigenvalue weighted by Crippen LogP contribution is -2.39. The second kappa shape index (κ2) is 10.0. The van der Waals surface area contributed by atoms with E-state index in [1.165, 1.54) is 29.2 Å². The summed E-state index contributed by atoms with van der Waals surface area (Å²) in [5, 5.41) is 3.88. The lowest BCUT2D eigenvalue weighted by molar-refractivity contribution is 0.414. The summed E-state index contributed by atoms with van der Waals surface area (Å²) in [5.74, 6) is 1.36. The van der Waals surface area contributed by atoms with Gasteiger partial charge in [-0.3, -0.25) is 0 Å². The van der Waals surface area contributed by atoms with Gasteiger partial charge in [-0.1, -0.05) is 36.8 Å². The number of nitrogens with zero attached hydrogens (tertiary/aromatic N) is 2. The van der Waals surface area contributed by atoms with Crippen molar-refractivity contribution in [1.82, 2.24) is 14.1 Å². The summed E-state index contributed by atoms with van der Waals surface area (Å²) in [5.41, 5.74) is 2.37. The van der Waals surface area contributed by atoms with Crippen LogP contribution in [0.1, 0.15) is 30.3 Å². The van der Waals surface area contributed by atoms with Gasteiger partial charge in [-0.05, 0) is 43.2 Å². The molecule has 7 nitrogen and oxygen atoms in total. The summed E-state index contributed by atoms with van der Waals surface area (Å²) in [6, 6.07) is 14.3. The number of nitrogens with one attached hydrogen (secondary N) is 2. The summed E-state index contributed by atoms with van der Waals surface area (Å²) in [7, 11) is -2.08. The van der Waals surface area contributed by atoms with E-state index in [1.54, 1.807) is 19.2 Å². The van der Waals surface area contributed by atoms with Gasteiger partial charge in [-0.15, -0.1) is 0 Å². The average Bonchev–Trinajstić information content (AvgIpc) is 3.18. The van der Waals surface area contributed by atoms with Gasteiger partial charge in [0.15, 0.2) is 0 Å². The van der Waals surface area contributed by atoms with E-state index in [0.717, 1.165) is 11.4 Å². The summed E-state index contributed by atoms with van der Waals surface area (Å²) in [6.07, 6.45) is 1.30. The molecule has 2 aromatic carbocycles. The molecule has 1 unspecified atom stereocenters. The van der Waals surface area contributed by atoms with Crippen molar-refractivity contribution in [2.45, 2.75) is 37.6 Å². The van der Waals surface area contributed by atoms with E-state index in [4.69, 9.17) is 4.74 Å². The van der Waals surface area contributed by atoms with Crippen LogP contribution in [0.4, 0.5) is 5.13 Å². The standard InChI is InChI=1S/C21H26N4O3S2/c1-4-17(25-30(26,27)19-10-8-18(28-3)9-11-19)14-22-21-23-20(24-29-21)13-16-7-5-6-15(2)12-16/h5-12,17,25H,4,13-14H2,1-3H3,(H,22,23,24). The summed E-state index contributed by atoms with van der Waals surface area (Å²) < 4.78 is 37.5. The van der Waals surface area contributed by atoms with Crippen molar-refractivity contribution in [3.05, 3.63) is 65.5 Å². The van der Waals surface area contributed by atoms with Crippen LogP contribution in [-0.4, -0.2) is 37.5 Å². The maximum Gasteiger partial charge on any atom is 0.240 e. The zero-order valence-electron chi connectivity index (χ0n) is 17.3. The fourth-order valence-corrected chi connectivity index (χ4v) is 4.84. The minimum atomic E-state index is -3.62. The van der Waals surface area contributed by atoms with Gasteiger partial charge in [0.05, 0.1) is 12.0 Å². The van der Waals surface area contributed by atoms with Gasteiger partial charge in [-0.25, -0.2) is 18.1 Å². The topological polar surface area (TPSA) is 93.2 Å². The Morgan fingerprint density at radius 1 is 1.17 bits per heavy atom. The summed E-state index contributed by atoms with van der Waals surface area (Å²) in [6.45, 7) is 4.42. The highest BCUT2D eigenvalue weighted by Gasteiger charge is 2.19. The number of hydrogen-bond acceptors (Lipinski definition) is 7. The molecule has 0 aliphatic heterocycles. The zero-order chi connectivity index (χ0) is 21.6. The maximum atomic E-state index is 12.6. The Kier molecular flexibility index (Phi) is 7.41. The van der Waals surface area contributed by atoms with E-state index < -0.39 is 10.0 Å². The van der Waals surface area contributed by atoms with Gasteiger partial charge in [-0.2, -0.15) is 4.37 Å². The molecule has 3 aromatic rings. The van der Waals surface area contributed by atoms with Crippen molar-refractivity contribution in [1.29, 1.82) is 0 Å². The van der Waals surface area contributed by atoms with Gasteiger partial charge < -0.3 is 10.1 Å². The van der Waals surface area contributed by atoms with Crippen molar-refractivity contribution >= 4 is 26.7 Å². The average molecular weight is 447 g/mol. The Hall–Kier alpha value is -2.49. The third kappa shape index (κ3) is 6.01. The molecule has 9 heteroatoms. The van der Waals surface area contributed by atoms with Crippen molar-refractivity contribution in [2.24, 2.45) is 0 Å². The molecule has 0 saturated carbocycles. The molecule has 160 valence electrons. The fourth-order valence-electron chi connectivity index (χ4n) is 2.92. The van der Waals surface area contributed by atoms with Crippen LogP contribution < -0.4 is 14.8 Å². The molecule has 0 spiro atoms. The van der Waals surface area contributed by atoms with Crippen molar-refractivity contribution < 1.29 is 13.2 Å². The molecule has 0 amide bonds. The summed E-state index contributed by atoms with van der Waals surface area (Å²) in [4.78, 5) is 4.73. The van der Waals surface area contributed by atoms with Crippen LogP contribution >= 0.6 is 11.5 Å². The largest absolute Gasteiger partial charge is 0.497 e. The first-order valence-corrected chi connectivity index (χ1v) is 11.9. The molecule has 1 heterocycles. The molecule has 30 heavy (non-hydrogen) atoms. The Labute approximate surface area is 181 Å². The first-order valence-electron chi connectivity index (χ1n) is 9.68. The van der Waals surface area contributed by atoms with Crippen molar-refractivity contribution in [3.63, 3.8) is 0 Å². The highest BCUT2D eigenvalue weighted by atomic mass is 32.2. The lowest BCUT2D eigenvalue weighted by atomic mass is 10.1. The molecule has 1 atom stereocenters. The number of benzene rings is 2. The molecule has 0 aliphatic rings. The molecule has 3 rings (SSSR count). The Morgan fingerprint density at radius 2 is 1.93 bits per heavy atom. The molecular formula is C21H26N4O3S2. The normalized spacial score (nSPS) is 12.5. The second-order valence-electron chi connectivity index (χ2n) is 6.96. The first-order chi connectivity index (χ1) is 14.4. The molecule has 0 bridgehead atoms. The van der Waals surface area contributed by atoms with Gasteiger partial charge in [0.1, 0.15) is 11.6 Å². The molecule has 0 radical (unpaired) electrons. The number of sulfonamides is 1. The third-order valence-electron chi connectivity index (χ3n) is 4.60. The van der Waals surface area contributed by atoms with E-state index in [-0.39, 0.29) is 10.9 Å². The number of hydrogen-bond donors (Lipinski definition) is 2. The Bertz CT molecular complexity index is 1070. The predicted octanol–water partition coefficient (Wildman–Crippen LogP) is 3.61. The minimum absolute atomic E-state index is 0.207. The maximum absolute atomic E-state index is 12.6. The van der Waals surface area contributed by atoms with Gasteiger partial charge in [0.25, 0.3) is 0 Å². The van der Waals surface area contributed by atoms with Gasteiger partial charge in [0.2, 0.25) is 15.2 Å². The number of aryl methyl sites for hydroxylation is 1. The second-order valence-corrected chi connectivity index (χ2v) is 9.43. The highest BCUT2D eigenvalue weighted by Crippen LogP contribution is 2.17. The minimum Gasteiger partial charge on any atom is -0.497 e. The van der Waals surface area contributed by atoms with Gasteiger partial charge >= 0.3 is 0 Å². The molecule has 0 saturated heterocycles. The number of ether oxygens (including phenoxy) is 1. The number of rotatable bonds is 10. The van der Waals surface area contributed by atoms with Crippen LogP contribution in [0.3, 0.4) is 0 Å². The quantitative estimate of drug-likeness (QED) is 0.494. The van der Waals surface area contributed by atoms with Crippen LogP contribution in [-0.2, 0) is 16.4 Å². The SMILES string of the molecule is CCC(CNc1nc(Cc2cccc(C)c2)ns1)NS(=O)(=O)c1ccc(OC)cc1. The molecule has 0 fully saturated rings. The first kappa shape index (κ1) is 22.2. The van der Waals surface area contributed by atoms with E-state index in [0.29, 0.717) is 30.3 Å². The number of methoxy groups -OCH3 is 1. The molecule has 1 aromatic heterocycles. The Balaban J connectivity index is 1.58. The van der Waals surface area contributed by atoms with E-state index in [2.05, 4.69) is 44.5 Å². The molecular weight excluding hydrogens is 420 g/mol. The number of aromatic nitrogens is 2. The van der Waals surface area contributed by atoms with E-state index in [1.807, 2.05) is 13.0 Å². The van der Waals surface area contributed by atoms with E-state index >= 15 is 0 Å². The van der Waals surface area contributed by atoms with E-state index in [9.17, 15) is 8.42 Å². The van der Waals surface area contributed by atoms with Crippen LogP contribution in [0.5, 0.6) is 5.75 Å². The summed E-state index contributed by atoms with van der Waals surface area (Å²) >= 11 is 1.28. The number of anilines is 1. The highest BCUT2D eigenvalue weighted by molar-refractivity contribution is 7.89. The van der Waals surface area contributed by atoms with Crippen LogP contribution in [0.15, 0.2) is 53.4 Å². The van der Waals surface area contributed by atoms with Crippen LogP contribution in [0, 0.1) is 6.92 Å². The molecule has 2 N–H and O–H groups in total. The monoisotopic (exact) mass is 446 g/mol. The van der Waals surface area contributed by atoms with Crippen LogP contribution in [0.25, 0.3) is 0 Å². The van der Waals surface area contributed by atoms with Crippen molar-refractivity contribution in [3.8, 4) is 5.75 Å². The van der Waals surface area contributed by atoms with Crippen molar-refractivity contribution in [2.75, 3.05) is 19.0 Å². The smallest absolute Gasteiger partial charge is 0.240 e. The third-order valence-corrected chi connectivity index (χ3v) is 6.84. The lowest BCUT2D eigenvalue weighted by Gasteiger charge is -2.17. The zero-order valence-corrected chi connectivity index (χ0v) is 18.9. The predicted molar refractivity (Wildman–Crippen MR) is 120 cm³/mol. The van der Waals surface area contributed by atoms with Crippen LogP contribution in [0.2, 0.25) is 0 Å². The fraction of sp³-hybridized carbons (Fsp3) is 0.333.